The van der Waals surface area contributed by atoms with Crippen LogP contribution in [0.25, 0.3) is 0 Å². The number of imidazole rings is 1. The van der Waals surface area contributed by atoms with Crippen LogP contribution in [0.5, 0.6) is 0 Å². The van der Waals surface area contributed by atoms with E-state index in [1.54, 1.807) is 6.92 Å². The zero-order valence-electron chi connectivity index (χ0n) is 8.84. The average Bonchev–Trinajstić information content (AvgIpc) is 2.56. The highest BCUT2D eigenvalue weighted by molar-refractivity contribution is 5.93. The van der Waals surface area contributed by atoms with Crippen molar-refractivity contribution >= 4 is 5.78 Å². The Morgan fingerprint density at radius 1 is 1.50 bits per heavy atom. The molecule has 1 aromatic heterocycles. The topological polar surface area (TPSA) is 34.9 Å². The standard InChI is InChI=1S/C11H16N2O/c1-3-10-12-11(8(2)14)9-6-4-5-7-13(9)10/h3-7H2,1-2H3. The van der Waals surface area contributed by atoms with Gasteiger partial charge in [0, 0.05) is 25.6 Å². The Hall–Kier alpha value is -1.12. The van der Waals surface area contributed by atoms with E-state index in [1.165, 1.54) is 18.5 Å². The zero-order chi connectivity index (χ0) is 10.1. The fourth-order valence-corrected chi connectivity index (χ4v) is 2.17. The minimum absolute atomic E-state index is 0.107. The molecule has 0 saturated heterocycles. The summed E-state index contributed by atoms with van der Waals surface area (Å²) >= 11 is 0. The number of hydrogen-bond donors (Lipinski definition) is 0. The van der Waals surface area contributed by atoms with Gasteiger partial charge in [0.25, 0.3) is 0 Å². The first-order chi connectivity index (χ1) is 6.74. The molecular formula is C11H16N2O. The lowest BCUT2D eigenvalue weighted by atomic mass is 10.1. The van der Waals surface area contributed by atoms with Gasteiger partial charge in [-0.1, -0.05) is 6.92 Å². The van der Waals surface area contributed by atoms with Gasteiger partial charge in [-0.2, -0.15) is 0 Å². The van der Waals surface area contributed by atoms with Crippen molar-refractivity contribution in [3.63, 3.8) is 0 Å². The van der Waals surface area contributed by atoms with E-state index in [0.29, 0.717) is 5.69 Å². The van der Waals surface area contributed by atoms with Gasteiger partial charge < -0.3 is 4.57 Å². The van der Waals surface area contributed by atoms with Crippen molar-refractivity contribution in [2.45, 2.75) is 46.1 Å². The van der Waals surface area contributed by atoms with Crippen LogP contribution < -0.4 is 0 Å². The number of nitrogens with zero attached hydrogens (tertiary/aromatic N) is 2. The molecule has 0 aliphatic carbocycles. The maximum absolute atomic E-state index is 11.4. The van der Waals surface area contributed by atoms with Crippen LogP contribution in [0.4, 0.5) is 0 Å². The van der Waals surface area contributed by atoms with Crippen LogP contribution in [-0.4, -0.2) is 15.3 Å². The summed E-state index contributed by atoms with van der Waals surface area (Å²) in [4.78, 5) is 15.8. The third-order valence-electron chi connectivity index (χ3n) is 2.85. The number of aryl methyl sites for hydroxylation is 1. The normalized spacial score (nSPS) is 15.3. The molecule has 0 amide bonds. The number of hydrogen-bond acceptors (Lipinski definition) is 2. The molecule has 3 nitrogen and oxygen atoms in total. The molecule has 0 unspecified atom stereocenters. The molecule has 1 aromatic rings. The maximum atomic E-state index is 11.4. The largest absolute Gasteiger partial charge is 0.331 e. The van der Waals surface area contributed by atoms with Crippen LogP contribution in [0.15, 0.2) is 0 Å². The summed E-state index contributed by atoms with van der Waals surface area (Å²) in [5.41, 5.74) is 1.88. The van der Waals surface area contributed by atoms with Crippen molar-refractivity contribution in [2.24, 2.45) is 0 Å². The summed E-state index contributed by atoms with van der Waals surface area (Å²) in [6.07, 6.45) is 4.34. The quantitative estimate of drug-likeness (QED) is 0.671. The van der Waals surface area contributed by atoms with Crippen molar-refractivity contribution in [2.75, 3.05) is 0 Å². The van der Waals surface area contributed by atoms with Crippen LogP contribution in [0.3, 0.4) is 0 Å². The number of aromatic nitrogens is 2. The Kier molecular flexibility index (Phi) is 2.40. The van der Waals surface area contributed by atoms with Crippen molar-refractivity contribution in [3.05, 3.63) is 17.2 Å². The predicted molar refractivity (Wildman–Crippen MR) is 54.5 cm³/mol. The third-order valence-corrected chi connectivity index (χ3v) is 2.85. The van der Waals surface area contributed by atoms with E-state index in [1.807, 2.05) is 0 Å². The van der Waals surface area contributed by atoms with Gasteiger partial charge in [-0.15, -0.1) is 0 Å². The van der Waals surface area contributed by atoms with Gasteiger partial charge in [0.15, 0.2) is 5.78 Å². The highest BCUT2D eigenvalue weighted by atomic mass is 16.1. The molecule has 0 aromatic carbocycles. The summed E-state index contributed by atoms with van der Waals surface area (Å²) in [6, 6.07) is 0. The molecule has 0 radical (unpaired) electrons. The van der Waals surface area contributed by atoms with Crippen molar-refractivity contribution < 1.29 is 4.79 Å². The minimum atomic E-state index is 0.107. The first-order valence-corrected chi connectivity index (χ1v) is 5.33. The Morgan fingerprint density at radius 2 is 2.29 bits per heavy atom. The second-order valence-corrected chi connectivity index (χ2v) is 3.84. The smallest absolute Gasteiger partial charge is 0.179 e. The first-order valence-electron chi connectivity index (χ1n) is 5.33. The lowest BCUT2D eigenvalue weighted by Crippen LogP contribution is -2.13. The van der Waals surface area contributed by atoms with Gasteiger partial charge in [-0.3, -0.25) is 4.79 Å². The van der Waals surface area contributed by atoms with Crippen LogP contribution >= 0.6 is 0 Å². The molecule has 0 N–H and O–H groups in total. The number of ketones is 1. The van der Waals surface area contributed by atoms with Crippen LogP contribution in [-0.2, 0) is 19.4 Å². The van der Waals surface area contributed by atoms with E-state index in [-0.39, 0.29) is 5.78 Å². The van der Waals surface area contributed by atoms with E-state index in [9.17, 15) is 4.79 Å². The third kappa shape index (κ3) is 1.37. The summed E-state index contributed by atoms with van der Waals surface area (Å²) in [6.45, 7) is 4.74. The monoisotopic (exact) mass is 192 g/mol. The van der Waals surface area contributed by atoms with Crippen LogP contribution in [0, 0.1) is 0 Å². The van der Waals surface area contributed by atoms with Crippen LogP contribution in [0.2, 0.25) is 0 Å². The molecule has 0 bridgehead atoms. The van der Waals surface area contributed by atoms with Crippen molar-refractivity contribution in [1.82, 2.24) is 9.55 Å². The highest BCUT2D eigenvalue weighted by Crippen LogP contribution is 2.21. The number of fused-ring (bicyclic) bond motifs is 1. The molecule has 2 heterocycles. The zero-order valence-corrected chi connectivity index (χ0v) is 8.84. The molecule has 0 saturated carbocycles. The predicted octanol–water partition coefficient (Wildman–Crippen LogP) is 1.98. The highest BCUT2D eigenvalue weighted by Gasteiger charge is 2.20. The summed E-state index contributed by atoms with van der Waals surface area (Å²) in [5, 5.41) is 0. The van der Waals surface area contributed by atoms with Crippen molar-refractivity contribution in [3.8, 4) is 0 Å². The number of carbonyl (C=O) groups excluding carboxylic acids is 1. The fraction of sp³-hybridized carbons (Fsp3) is 0.636. The van der Waals surface area contributed by atoms with E-state index < -0.39 is 0 Å². The second kappa shape index (κ2) is 3.56. The average molecular weight is 192 g/mol. The molecule has 0 atom stereocenters. The first kappa shape index (κ1) is 9.44. The Labute approximate surface area is 84.1 Å². The van der Waals surface area contributed by atoms with Crippen LogP contribution in [0.1, 0.15) is 48.7 Å². The summed E-state index contributed by atoms with van der Waals surface area (Å²) in [5.74, 6) is 1.18. The molecule has 1 aliphatic rings. The Morgan fingerprint density at radius 3 is 2.93 bits per heavy atom. The minimum Gasteiger partial charge on any atom is -0.331 e. The van der Waals surface area contributed by atoms with Gasteiger partial charge in [-0.25, -0.2) is 4.98 Å². The van der Waals surface area contributed by atoms with E-state index in [0.717, 1.165) is 25.2 Å². The maximum Gasteiger partial charge on any atom is 0.179 e. The Balaban J connectivity index is 2.52. The van der Waals surface area contributed by atoms with Gasteiger partial charge >= 0.3 is 0 Å². The van der Waals surface area contributed by atoms with Gasteiger partial charge in [0.05, 0.1) is 0 Å². The van der Waals surface area contributed by atoms with E-state index in [4.69, 9.17) is 0 Å². The van der Waals surface area contributed by atoms with Gasteiger partial charge in [-0.05, 0) is 19.3 Å². The van der Waals surface area contributed by atoms with Gasteiger partial charge in [0.2, 0.25) is 0 Å². The van der Waals surface area contributed by atoms with Crippen molar-refractivity contribution in [1.29, 1.82) is 0 Å². The second-order valence-electron chi connectivity index (χ2n) is 3.84. The van der Waals surface area contributed by atoms with E-state index >= 15 is 0 Å². The molecule has 3 heteroatoms. The lowest BCUT2D eigenvalue weighted by molar-refractivity contribution is 0.101. The fourth-order valence-electron chi connectivity index (χ4n) is 2.17. The number of carbonyl (C=O) groups is 1. The SMILES string of the molecule is CCc1nc(C(C)=O)c2n1CCCC2. The molecule has 0 spiro atoms. The Bertz CT molecular complexity index is 366. The molecule has 76 valence electrons. The van der Waals surface area contributed by atoms with Gasteiger partial charge in [0.1, 0.15) is 11.5 Å². The summed E-state index contributed by atoms with van der Waals surface area (Å²) < 4.78 is 2.24. The number of rotatable bonds is 2. The lowest BCUT2D eigenvalue weighted by Gasteiger charge is -2.16. The molecule has 2 rings (SSSR count). The van der Waals surface area contributed by atoms with E-state index in [2.05, 4.69) is 16.5 Å². The number of Topliss-reactive ketones (excluding diaryl/α,β-unsaturated/α-hetero) is 1. The molecule has 0 fully saturated rings. The molecular weight excluding hydrogens is 176 g/mol. The molecule has 1 aliphatic heterocycles. The summed E-state index contributed by atoms with van der Waals surface area (Å²) in [7, 11) is 0. The molecule has 14 heavy (non-hydrogen) atoms.